The molecule has 1 aliphatic rings. The van der Waals surface area contributed by atoms with Crippen LogP contribution in [0.5, 0.6) is 0 Å². The summed E-state index contributed by atoms with van der Waals surface area (Å²) in [6, 6.07) is 10.4. The van der Waals surface area contributed by atoms with Crippen LogP contribution in [0, 0.1) is 0 Å². The number of nitrogens with zero attached hydrogens (tertiary/aromatic N) is 1. The van der Waals surface area contributed by atoms with E-state index in [9.17, 15) is 13.2 Å². The Bertz CT molecular complexity index is 843. The summed E-state index contributed by atoms with van der Waals surface area (Å²) < 4.78 is 28.2. The van der Waals surface area contributed by atoms with Gasteiger partial charge in [-0.1, -0.05) is 13.0 Å². The molecule has 1 aromatic carbocycles. The zero-order valence-corrected chi connectivity index (χ0v) is 17.0. The molecule has 1 atom stereocenters. The van der Waals surface area contributed by atoms with Crippen LogP contribution in [0.15, 0.2) is 46.7 Å². The van der Waals surface area contributed by atoms with Gasteiger partial charge in [0.25, 0.3) is 0 Å². The maximum Gasteiger partial charge on any atom is 0.240 e. The molecule has 0 bridgehead atoms. The fourth-order valence-electron chi connectivity index (χ4n) is 3.18. The Labute approximate surface area is 164 Å². The molecule has 8 heteroatoms. The van der Waals surface area contributed by atoms with Crippen LogP contribution in [0.3, 0.4) is 0 Å². The van der Waals surface area contributed by atoms with Crippen LogP contribution in [0.1, 0.15) is 37.1 Å². The Morgan fingerprint density at radius 3 is 2.48 bits per heavy atom. The third kappa shape index (κ3) is 5.16. The summed E-state index contributed by atoms with van der Waals surface area (Å²) >= 11 is 1.66. The summed E-state index contributed by atoms with van der Waals surface area (Å²) in [6.45, 7) is 4.10. The van der Waals surface area contributed by atoms with Gasteiger partial charge in [0.2, 0.25) is 15.9 Å². The smallest absolute Gasteiger partial charge is 0.240 e. The lowest BCUT2D eigenvalue weighted by atomic mass is 10.2. The van der Waals surface area contributed by atoms with Gasteiger partial charge < -0.3 is 5.32 Å². The third-order valence-corrected chi connectivity index (χ3v) is 7.10. The summed E-state index contributed by atoms with van der Waals surface area (Å²) in [5.41, 5.74) is 0.592. The van der Waals surface area contributed by atoms with E-state index in [1.165, 1.54) is 17.0 Å². The molecule has 2 heterocycles. The van der Waals surface area contributed by atoms with Gasteiger partial charge in [-0.25, -0.2) is 13.1 Å². The monoisotopic (exact) mass is 407 g/mol. The van der Waals surface area contributed by atoms with E-state index < -0.39 is 10.0 Å². The zero-order valence-electron chi connectivity index (χ0n) is 15.3. The second-order valence-corrected chi connectivity index (χ2v) is 9.30. The van der Waals surface area contributed by atoms with Gasteiger partial charge in [-0.2, -0.15) is 0 Å². The highest BCUT2D eigenvalue weighted by atomic mass is 32.2. The number of hydrogen-bond acceptors (Lipinski definition) is 5. The maximum atomic E-state index is 12.7. The minimum absolute atomic E-state index is 0.0605. The molecule has 0 radical (unpaired) electrons. The summed E-state index contributed by atoms with van der Waals surface area (Å²) in [6.07, 6.45) is 2.68. The fourth-order valence-corrected chi connectivity index (χ4v) is 5.08. The number of rotatable bonds is 8. The predicted octanol–water partition coefficient (Wildman–Crippen LogP) is 3.21. The van der Waals surface area contributed by atoms with Crippen molar-refractivity contribution in [1.82, 2.24) is 9.62 Å². The highest BCUT2D eigenvalue weighted by molar-refractivity contribution is 7.89. The molecule has 1 fully saturated rings. The van der Waals surface area contributed by atoms with Crippen molar-refractivity contribution in [3.05, 3.63) is 46.7 Å². The molecular formula is C19H25N3O3S2. The molecule has 1 saturated heterocycles. The SMILES string of the molecule is CCC(=O)Nc1ccc(S(=O)(=O)NCC(c2cccs2)N2CCCC2)cc1. The number of amides is 1. The maximum absolute atomic E-state index is 12.7. The minimum Gasteiger partial charge on any atom is -0.326 e. The van der Waals surface area contributed by atoms with Crippen molar-refractivity contribution in [3.63, 3.8) is 0 Å². The molecule has 1 aliphatic heterocycles. The summed E-state index contributed by atoms with van der Waals surface area (Å²) in [4.78, 5) is 15.2. The number of nitrogens with one attached hydrogen (secondary N) is 2. The van der Waals surface area contributed by atoms with Gasteiger partial charge in [-0.15, -0.1) is 11.3 Å². The van der Waals surface area contributed by atoms with Crippen molar-refractivity contribution in [1.29, 1.82) is 0 Å². The van der Waals surface area contributed by atoms with Crippen molar-refractivity contribution >= 4 is 33.0 Å². The molecule has 1 amide bonds. The van der Waals surface area contributed by atoms with Gasteiger partial charge in [0.05, 0.1) is 10.9 Å². The van der Waals surface area contributed by atoms with Crippen molar-refractivity contribution in [2.75, 3.05) is 25.0 Å². The minimum atomic E-state index is -3.61. The first-order valence-corrected chi connectivity index (χ1v) is 11.5. The normalized spacial score (nSPS) is 16.3. The standard InChI is InChI=1S/C19H25N3O3S2/c1-2-19(23)21-15-7-9-16(10-8-15)27(24,25)20-14-17(18-6-5-13-26-18)22-11-3-4-12-22/h5-10,13,17,20H,2-4,11-12,14H2,1H3,(H,21,23). The Morgan fingerprint density at radius 1 is 1.19 bits per heavy atom. The number of benzene rings is 1. The molecule has 146 valence electrons. The van der Waals surface area contributed by atoms with Gasteiger partial charge in [-0.05, 0) is 61.6 Å². The first-order valence-electron chi connectivity index (χ1n) is 9.16. The van der Waals surface area contributed by atoms with Gasteiger partial charge >= 0.3 is 0 Å². The van der Waals surface area contributed by atoms with E-state index in [0.29, 0.717) is 18.7 Å². The van der Waals surface area contributed by atoms with Crippen LogP contribution >= 0.6 is 11.3 Å². The number of anilines is 1. The van der Waals surface area contributed by atoms with E-state index >= 15 is 0 Å². The van der Waals surface area contributed by atoms with Crippen LogP contribution < -0.4 is 10.0 Å². The highest BCUT2D eigenvalue weighted by Gasteiger charge is 2.26. The Balaban J connectivity index is 1.68. The topological polar surface area (TPSA) is 78.5 Å². The highest BCUT2D eigenvalue weighted by Crippen LogP contribution is 2.28. The largest absolute Gasteiger partial charge is 0.326 e. The molecule has 1 unspecified atom stereocenters. The Kier molecular flexibility index (Phi) is 6.64. The fraction of sp³-hybridized carbons (Fsp3) is 0.421. The molecule has 0 spiro atoms. The molecule has 1 aromatic heterocycles. The summed E-state index contributed by atoms with van der Waals surface area (Å²) in [5, 5.41) is 4.74. The van der Waals surface area contributed by atoms with E-state index in [0.717, 1.165) is 25.9 Å². The first kappa shape index (κ1) is 20.0. The van der Waals surface area contributed by atoms with E-state index in [1.54, 1.807) is 30.4 Å². The van der Waals surface area contributed by atoms with Gasteiger partial charge in [0, 0.05) is 23.5 Å². The number of sulfonamides is 1. The van der Waals surface area contributed by atoms with Gasteiger partial charge in [-0.3, -0.25) is 9.69 Å². The first-order chi connectivity index (χ1) is 13.0. The van der Waals surface area contributed by atoms with Crippen molar-refractivity contribution in [2.24, 2.45) is 0 Å². The number of hydrogen-bond donors (Lipinski definition) is 2. The average Bonchev–Trinajstić information content (AvgIpc) is 3.37. The Morgan fingerprint density at radius 2 is 1.89 bits per heavy atom. The van der Waals surface area contributed by atoms with Crippen molar-refractivity contribution in [3.8, 4) is 0 Å². The summed E-state index contributed by atoms with van der Waals surface area (Å²) in [5.74, 6) is -0.104. The van der Waals surface area contributed by atoms with Crippen molar-refractivity contribution < 1.29 is 13.2 Å². The molecule has 2 aromatic rings. The molecule has 6 nitrogen and oxygen atoms in total. The average molecular weight is 408 g/mol. The molecule has 0 saturated carbocycles. The van der Waals surface area contributed by atoms with E-state index in [2.05, 4.69) is 21.0 Å². The lowest BCUT2D eigenvalue weighted by molar-refractivity contribution is -0.115. The van der Waals surface area contributed by atoms with E-state index in [1.807, 2.05) is 11.4 Å². The second-order valence-electron chi connectivity index (χ2n) is 6.55. The second kappa shape index (κ2) is 8.97. The van der Waals surface area contributed by atoms with Gasteiger partial charge in [0.1, 0.15) is 0 Å². The van der Waals surface area contributed by atoms with Crippen LogP contribution in [-0.4, -0.2) is 38.9 Å². The van der Waals surface area contributed by atoms with Crippen molar-refractivity contribution in [2.45, 2.75) is 37.1 Å². The molecule has 27 heavy (non-hydrogen) atoms. The van der Waals surface area contributed by atoms with Crippen LogP contribution in [-0.2, 0) is 14.8 Å². The molecule has 3 rings (SSSR count). The Hall–Kier alpha value is -1.74. The summed E-state index contributed by atoms with van der Waals surface area (Å²) in [7, 11) is -3.61. The number of carbonyl (C=O) groups is 1. The third-order valence-electron chi connectivity index (χ3n) is 4.69. The van der Waals surface area contributed by atoms with Crippen LogP contribution in [0.2, 0.25) is 0 Å². The quantitative estimate of drug-likeness (QED) is 0.704. The van der Waals surface area contributed by atoms with Crippen LogP contribution in [0.4, 0.5) is 5.69 Å². The number of thiophene rings is 1. The van der Waals surface area contributed by atoms with E-state index in [-0.39, 0.29) is 16.8 Å². The lowest BCUT2D eigenvalue weighted by Crippen LogP contribution is -2.36. The zero-order chi connectivity index (χ0) is 19.3. The molecule has 0 aliphatic carbocycles. The van der Waals surface area contributed by atoms with E-state index in [4.69, 9.17) is 0 Å². The van der Waals surface area contributed by atoms with Gasteiger partial charge in [0.15, 0.2) is 0 Å². The molecular weight excluding hydrogens is 382 g/mol. The lowest BCUT2D eigenvalue weighted by Gasteiger charge is -2.26. The number of carbonyl (C=O) groups excluding carboxylic acids is 1. The molecule has 2 N–H and O–H groups in total. The number of likely N-dealkylation sites (tertiary alicyclic amines) is 1. The predicted molar refractivity (Wildman–Crippen MR) is 108 cm³/mol. The van der Waals surface area contributed by atoms with Crippen LogP contribution in [0.25, 0.3) is 0 Å².